The molecule has 0 aliphatic heterocycles. The van der Waals surface area contributed by atoms with Gasteiger partial charge in [-0.3, -0.25) is 4.99 Å². The zero-order valence-corrected chi connectivity index (χ0v) is 16.1. The van der Waals surface area contributed by atoms with Gasteiger partial charge in [0.15, 0.2) is 15.8 Å². The fourth-order valence-electron chi connectivity index (χ4n) is 2.35. The molecule has 2 rings (SSSR count). The molecule has 0 amide bonds. The standard InChI is InChI=1S/C19H25N3O3S/c1-15-5-4-6-16(13-15)14-22-19(20-2)21-11-12-25-17-7-9-18(10-8-17)26(3,23)24/h4-10,13H,11-12,14H2,1-3H3,(H2,20,21,22). The van der Waals surface area contributed by atoms with Gasteiger partial charge in [0.25, 0.3) is 0 Å². The maximum absolute atomic E-state index is 11.4. The maximum atomic E-state index is 11.4. The number of aliphatic imine (C=N–C) groups is 1. The third-order valence-electron chi connectivity index (χ3n) is 3.68. The number of guanidine groups is 1. The predicted octanol–water partition coefficient (Wildman–Crippen LogP) is 2.14. The van der Waals surface area contributed by atoms with E-state index in [1.165, 1.54) is 17.4 Å². The molecule has 0 spiro atoms. The summed E-state index contributed by atoms with van der Waals surface area (Å²) >= 11 is 0. The van der Waals surface area contributed by atoms with Crippen molar-refractivity contribution < 1.29 is 13.2 Å². The van der Waals surface area contributed by atoms with Crippen molar-refractivity contribution in [1.82, 2.24) is 10.6 Å². The molecule has 0 bridgehead atoms. The van der Waals surface area contributed by atoms with Gasteiger partial charge in [0.2, 0.25) is 0 Å². The lowest BCUT2D eigenvalue weighted by atomic mass is 10.1. The molecule has 0 fully saturated rings. The molecule has 7 heteroatoms. The largest absolute Gasteiger partial charge is 0.492 e. The Morgan fingerprint density at radius 3 is 2.46 bits per heavy atom. The highest BCUT2D eigenvalue weighted by molar-refractivity contribution is 7.90. The van der Waals surface area contributed by atoms with Gasteiger partial charge >= 0.3 is 0 Å². The second-order valence-corrected chi connectivity index (χ2v) is 7.95. The molecular formula is C19H25N3O3S. The third kappa shape index (κ3) is 6.40. The summed E-state index contributed by atoms with van der Waals surface area (Å²) in [6.07, 6.45) is 1.18. The number of nitrogens with zero attached hydrogens (tertiary/aromatic N) is 1. The SMILES string of the molecule is CN=C(NCCOc1ccc(S(C)(=O)=O)cc1)NCc1cccc(C)c1. The van der Waals surface area contributed by atoms with E-state index < -0.39 is 9.84 Å². The van der Waals surface area contributed by atoms with Crippen LogP contribution in [0.2, 0.25) is 0 Å². The Labute approximate surface area is 155 Å². The first kappa shape index (κ1) is 19.8. The Kier molecular flexibility index (Phi) is 7.03. The van der Waals surface area contributed by atoms with Gasteiger partial charge in [-0.15, -0.1) is 0 Å². The Balaban J connectivity index is 1.74. The first-order chi connectivity index (χ1) is 12.4. The summed E-state index contributed by atoms with van der Waals surface area (Å²) in [5.41, 5.74) is 2.41. The first-order valence-electron chi connectivity index (χ1n) is 8.31. The molecule has 0 radical (unpaired) electrons. The van der Waals surface area contributed by atoms with Gasteiger partial charge < -0.3 is 15.4 Å². The van der Waals surface area contributed by atoms with Crippen LogP contribution in [0.4, 0.5) is 0 Å². The molecule has 0 saturated carbocycles. The second-order valence-electron chi connectivity index (χ2n) is 5.93. The van der Waals surface area contributed by atoms with Crippen LogP contribution in [0.25, 0.3) is 0 Å². The highest BCUT2D eigenvalue weighted by Crippen LogP contribution is 2.15. The van der Waals surface area contributed by atoms with E-state index in [1.807, 2.05) is 6.07 Å². The van der Waals surface area contributed by atoms with Crippen molar-refractivity contribution in [3.8, 4) is 5.75 Å². The van der Waals surface area contributed by atoms with Crippen LogP contribution in [0.1, 0.15) is 11.1 Å². The Hall–Kier alpha value is -2.54. The number of benzene rings is 2. The average Bonchev–Trinajstić information content (AvgIpc) is 2.61. The molecule has 2 N–H and O–H groups in total. The Morgan fingerprint density at radius 1 is 1.12 bits per heavy atom. The number of sulfone groups is 1. The van der Waals surface area contributed by atoms with E-state index >= 15 is 0 Å². The molecule has 0 heterocycles. The molecular weight excluding hydrogens is 350 g/mol. The van der Waals surface area contributed by atoms with Crippen LogP contribution >= 0.6 is 0 Å². The normalized spacial score (nSPS) is 11.9. The fraction of sp³-hybridized carbons (Fsp3) is 0.316. The van der Waals surface area contributed by atoms with Crippen molar-refractivity contribution in [2.24, 2.45) is 4.99 Å². The van der Waals surface area contributed by atoms with Gasteiger partial charge in [-0.05, 0) is 36.8 Å². The van der Waals surface area contributed by atoms with Gasteiger partial charge in [-0.25, -0.2) is 8.42 Å². The van der Waals surface area contributed by atoms with Gasteiger partial charge in [0, 0.05) is 19.8 Å². The minimum atomic E-state index is -3.18. The van der Waals surface area contributed by atoms with Gasteiger partial charge in [-0.2, -0.15) is 0 Å². The van der Waals surface area contributed by atoms with E-state index in [1.54, 1.807) is 31.3 Å². The van der Waals surface area contributed by atoms with Crippen molar-refractivity contribution in [2.45, 2.75) is 18.4 Å². The number of hydrogen-bond acceptors (Lipinski definition) is 4. The second kappa shape index (κ2) is 9.24. The van der Waals surface area contributed by atoms with Gasteiger partial charge in [0.05, 0.1) is 11.4 Å². The topological polar surface area (TPSA) is 79.8 Å². The van der Waals surface area contributed by atoms with Gasteiger partial charge in [-0.1, -0.05) is 29.8 Å². The molecule has 0 aromatic heterocycles. The molecule has 140 valence electrons. The highest BCUT2D eigenvalue weighted by Gasteiger charge is 2.06. The third-order valence-corrected chi connectivity index (χ3v) is 4.81. The molecule has 26 heavy (non-hydrogen) atoms. The first-order valence-corrected chi connectivity index (χ1v) is 10.2. The maximum Gasteiger partial charge on any atom is 0.191 e. The molecule has 0 aliphatic carbocycles. The lowest BCUT2D eigenvalue weighted by Gasteiger charge is -2.13. The summed E-state index contributed by atoms with van der Waals surface area (Å²) in [6.45, 7) is 3.76. The van der Waals surface area contributed by atoms with Crippen LogP contribution in [-0.2, 0) is 16.4 Å². The summed E-state index contributed by atoms with van der Waals surface area (Å²) in [5, 5.41) is 6.43. The Bertz CT molecular complexity index is 847. The predicted molar refractivity (Wildman–Crippen MR) is 104 cm³/mol. The van der Waals surface area contributed by atoms with Crippen molar-refractivity contribution in [1.29, 1.82) is 0 Å². The van der Waals surface area contributed by atoms with E-state index in [0.717, 1.165) is 0 Å². The smallest absolute Gasteiger partial charge is 0.191 e. The van der Waals surface area contributed by atoms with Crippen LogP contribution in [0, 0.1) is 6.92 Å². The lowest BCUT2D eigenvalue weighted by molar-refractivity contribution is 0.321. The van der Waals surface area contributed by atoms with Crippen LogP contribution in [0.5, 0.6) is 5.75 Å². The zero-order valence-electron chi connectivity index (χ0n) is 15.3. The highest BCUT2D eigenvalue weighted by atomic mass is 32.2. The number of ether oxygens (including phenoxy) is 1. The molecule has 0 atom stereocenters. The molecule has 2 aromatic carbocycles. The van der Waals surface area contributed by atoms with Crippen molar-refractivity contribution in [3.05, 3.63) is 59.7 Å². The minimum Gasteiger partial charge on any atom is -0.492 e. The number of rotatable bonds is 7. The summed E-state index contributed by atoms with van der Waals surface area (Å²) in [6, 6.07) is 14.7. The number of hydrogen-bond donors (Lipinski definition) is 2. The van der Waals surface area contributed by atoms with Crippen LogP contribution in [0.3, 0.4) is 0 Å². The van der Waals surface area contributed by atoms with Gasteiger partial charge in [0.1, 0.15) is 12.4 Å². The molecule has 6 nitrogen and oxygen atoms in total. The monoisotopic (exact) mass is 375 g/mol. The van der Waals surface area contributed by atoms with Crippen molar-refractivity contribution >= 4 is 15.8 Å². The van der Waals surface area contributed by atoms with E-state index in [9.17, 15) is 8.42 Å². The summed E-state index contributed by atoms with van der Waals surface area (Å²) < 4.78 is 28.5. The quantitative estimate of drug-likeness (QED) is 0.440. The van der Waals surface area contributed by atoms with E-state index in [4.69, 9.17) is 4.74 Å². The zero-order chi connectivity index (χ0) is 19.0. The summed E-state index contributed by atoms with van der Waals surface area (Å²) in [5.74, 6) is 1.32. The van der Waals surface area contributed by atoms with Crippen molar-refractivity contribution in [3.63, 3.8) is 0 Å². The fourth-order valence-corrected chi connectivity index (χ4v) is 2.98. The van der Waals surface area contributed by atoms with E-state index in [2.05, 4.69) is 40.7 Å². The number of aryl methyl sites for hydroxylation is 1. The number of nitrogens with one attached hydrogen (secondary N) is 2. The van der Waals surface area contributed by atoms with E-state index in [0.29, 0.717) is 31.4 Å². The van der Waals surface area contributed by atoms with E-state index in [-0.39, 0.29) is 4.90 Å². The molecule has 0 unspecified atom stereocenters. The summed E-state index contributed by atoms with van der Waals surface area (Å²) in [4.78, 5) is 4.46. The summed E-state index contributed by atoms with van der Waals surface area (Å²) in [7, 11) is -1.46. The van der Waals surface area contributed by atoms with Crippen LogP contribution in [0.15, 0.2) is 58.4 Å². The van der Waals surface area contributed by atoms with Crippen LogP contribution in [-0.4, -0.2) is 40.8 Å². The minimum absolute atomic E-state index is 0.281. The lowest BCUT2D eigenvalue weighted by Crippen LogP contribution is -2.38. The Morgan fingerprint density at radius 2 is 1.85 bits per heavy atom. The van der Waals surface area contributed by atoms with Crippen LogP contribution < -0.4 is 15.4 Å². The average molecular weight is 375 g/mol. The molecule has 0 saturated heterocycles. The molecule has 0 aliphatic rings. The molecule has 2 aromatic rings. The van der Waals surface area contributed by atoms with Crippen molar-refractivity contribution in [2.75, 3.05) is 26.5 Å².